The molecule has 1 aliphatic rings. The lowest BCUT2D eigenvalue weighted by Gasteiger charge is -2.23. The molecule has 0 spiro atoms. The van der Waals surface area contributed by atoms with E-state index in [1.165, 1.54) is 0 Å². The van der Waals surface area contributed by atoms with Crippen molar-refractivity contribution >= 4 is 62.7 Å². The molecular formula is C20H19BrCl4O5. The van der Waals surface area contributed by atoms with Crippen LogP contribution in [-0.4, -0.2) is 38.3 Å². The maximum atomic E-state index is 6.25. The molecule has 5 nitrogen and oxygen atoms in total. The van der Waals surface area contributed by atoms with Gasteiger partial charge in [-0.2, -0.15) is 0 Å². The van der Waals surface area contributed by atoms with Crippen LogP contribution in [0.2, 0.25) is 20.1 Å². The van der Waals surface area contributed by atoms with Gasteiger partial charge in [-0.05, 0) is 35.4 Å². The van der Waals surface area contributed by atoms with E-state index in [1.807, 2.05) is 12.1 Å². The summed E-state index contributed by atoms with van der Waals surface area (Å²) in [4.78, 5) is 0. The topological polar surface area (TPSA) is 46.2 Å². The predicted octanol–water partition coefficient (Wildman–Crippen LogP) is 6.47. The number of ether oxygens (including phenoxy) is 4. The summed E-state index contributed by atoms with van der Waals surface area (Å²) in [5.74, 6) is 0. The van der Waals surface area contributed by atoms with Crippen molar-refractivity contribution in [2.24, 2.45) is 0 Å². The molecule has 30 heavy (non-hydrogen) atoms. The highest BCUT2D eigenvalue weighted by atomic mass is 79.9. The van der Waals surface area contributed by atoms with Crippen LogP contribution in [0.15, 0.2) is 36.4 Å². The maximum absolute atomic E-state index is 6.25. The Bertz CT molecular complexity index is 856. The zero-order chi connectivity index (χ0) is 21.7. The van der Waals surface area contributed by atoms with Crippen molar-refractivity contribution in [3.8, 4) is 0 Å². The molecule has 0 bridgehead atoms. The summed E-state index contributed by atoms with van der Waals surface area (Å²) < 4.78 is 28.6. The van der Waals surface area contributed by atoms with Crippen LogP contribution in [0, 0.1) is 0 Å². The van der Waals surface area contributed by atoms with Gasteiger partial charge in [0.05, 0.1) is 19.8 Å². The highest BCUT2D eigenvalue weighted by Gasteiger charge is 2.46. The van der Waals surface area contributed by atoms with Crippen molar-refractivity contribution in [3.63, 3.8) is 0 Å². The van der Waals surface area contributed by atoms with Crippen molar-refractivity contribution < 1.29 is 22.8 Å². The molecule has 1 unspecified atom stereocenters. The van der Waals surface area contributed by atoms with E-state index in [-0.39, 0.29) is 13.2 Å². The van der Waals surface area contributed by atoms with Crippen LogP contribution in [-0.2, 0) is 36.0 Å². The molecule has 0 aliphatic carbocycles. The Kier molecular flexibility index (Phi) is 9.53. The zero-order valence-corrected chi connectivity index (χ0v) is 20.4. The van der Waals surface area contributed by atoms with E-state index in [2.05, 4.69) is 16.3 Å². The smallest absolute Gasteiger partial charge is 0.199 e. The molecule has 2 aromatic rings. The van der Waals surface area contributed by atoms with Crippen molar-refractivity contribution in [2.75, 3.05) is 13.7 Å². The van der Waals surface area contributed by atoms with Crippen molar-refractivity contribution in [3.05, 3.63) is 67.6 Å². The minimum atomic E-state index is -0.659. The highest BCUT2D eigenvalue weighted by molar-refractivity contribution is 9.06. The molecule has 10 heteroatoms. The SMILES string of the molecule is CO[C@H]1C(OBr)O[C@H](COCc2ccc(Cl)cc2Cl)[C@H]1OCc1ccc(Cl)cc1Cl. The minimum Gasteiger partial charge on any atom is -0.374 e. The van der Waals surface area contributed by atoms with Crippen LogP contribution in [0.4, 0.5) is 0 Å². The molecule has 2 aromatic carbocycles. The number of methoxy groups -OCH3 is 1. The van der Waals surface area contributed by atoms with Crippen LogP contribution in [0.1, 0.15) is 11.1 Å². The average molecular weight is 561 g/mol. The number of halogens is 5. The Balaban J connectivity index is 1.64. The Morgan fingerprint density at radius 1 is 0.900 bits per heavy atom. The van der Waals surface area contributed by atoms with Gasteiger partial charge < -0.3 is 18.9 Å². The summed E-state index contributed by atoms with van der Waals surface area (Å²) in [5.41, 5.74) is 1.62. The molecule has 164 valence electrons. The standard InChI is InChI=1S/C20H19BrCl4O5/c1-26-19-18(28-9-12-3-5-14(23)7-16(12)25)17(29-20(19)30-21)10-27-8-11-2-4-13(22)6-15(11)24/h2-7,17-20H,8-10H2,1H3/t17-,18-,19-,20?/m1/s1. The average Bonchev–Trinajstić information content (AvgIpc) is 3.05. The second-order valence-corrected chi connectivity index (χ2v) is 8.66. The number of hydrogen-bond donors (Lipinski definition) is 0. The van der Waals surface area contributed by atoms with Crippen molar-refractivity contribution in [2.45, 2.75) is 37.8 Å². The van der Waals surface area contributed by atoms with Gasteiger partial charge in [0, 0.05) is 27.2 Å². The Hall–Kier alpha value is -0.120. The predicted molar refractivity (Wildman–Crippen MR) is 121 cm³/mol. The maximum Gasteiger partial charge on any atom is 0.199 e. The first-order valence-corrected chi connectivity index (χ1v) is 11.1. The Morgan fingerprint density at radius 3 is 2.03 bits per heavy atom. The van der Waals surface area contributed by atoms with Crippen LogP contribution >= 0.6 is 62.7 Å². The first-order chi connectivity index (χ1) is 14.4. The molecule has 1 fully saturated rings. The molecule has 0 aromatic heterocycles. The zero-order valence-electron chi connectivity index (χ0n) is 15.8. The van der Waals surface area contributed by atoms with Crippen LogP contribution in [0.25, 0.3) is 0 Å². The summed E-state index contributed by atoms with van der Waals surface area (Å²) in [6.45, 7) is 0.784. The first kappa shape index (κ1) is 24.5. The van der Waals surface area contributed by atoms with E-state index < -0.39 is 24.6 Å². The molecule has 0 radical (unpaired) electrons. The number of hydrogen-bond acceptors (Lipinski definition) is 5. The fourth-order valence-corrected chi connectivity index (χ4v) is 4.32. The molecular weight excluding hydrogens is 542 g/mol. The fraction of sp³-hybridized carbons (Fsp3) is 0.400. The second-order valence-electron chi connectivity index (χ2n) is 6.59. The van der Waals surface area contributed by atoms with E-state index in [1.54, 1.807) is 31.4 Å². The Labute approximate surface area is 203 Å². The molecule has 1 heterocycles. The van der Waals surface area contributed by atoms with E-state index >= 15 is 0 Å². The van der Waals surface area contributed by atoms with Gasteiger partial charge in [0.25, 0.3) is 0 Å². The first-order valence-electron chi connectivity index (χ1n) is 8.95. The molecule has 1 saturated heterocycles. The molecule has 3 rings (SSSR count). The van der Waals surface area contributed by atoms with Gasteiger partial charge in [-0.3, -0.25) is 3.83 Å². The molecule has 0 N–H and O–H groups in total. The highest BCUT2D eigenvalue weighted by Crippen LogP contribution is 2.31. The van der Waals surface area contributed by atoms with Gasteiger partial charge in [-0.15, -0.1) is 0 Å². The third-order valence-electron chi connectivity index (χ3n) is 4.63. The van der Waals surface area contributed by atoms with Crippen molar-refractivity contribution in [1.29, 1.82) is 0 Å². The van der Waals surface area contributed by atoms with Crippen LogP contribution < -0.4 is 0 Å². The molecule has 1 aliphatic heterocycles. The van der Waals surface area contributed by atoms with Gasteiger partial charge in [0.2, 0.25) is 0 Å². The molecule has 0 amide bonds. The lowest BCUT2D eigenvalue weighted by Crippen LogP contribution is -2.38. The summed E-state index contributed by atoms with van der Waals surface area (Å²) in [6.07, 6.45) is -2.02. The lowest BCUT2D eigenvalue weighted by atomic mass is 10.1. The number of benzene rings is 2. The minimum absolute atomic E-state index is 0.241. The van der Waals surface area contributed by atoms with E-state index in [4.69, 9.17) is 69.2 Å². The third-order valence-corrected chi connectivity index (χ3v) is 6.17. The normalized spacial score (nSPS) is 23.8. The van der Waals surface area contributed by atoms with Crippen molar-refractivity contribution in [1.82, 2.24) is 0 Å². The van der Waals surface area contributed by atoms with E-state index in [9.17, 15) is 0 Å². The van der Waals surface area contributed by atoms with Gasteiger partial charge in [-0.1, -0.05) is 58.5 Å². The van der Waals surface area contributed by atoms with Gasteiger partial charge in [0.15, 0.2) is 6.29 Å². The monoisotopic (exact) mass is 558 g/mol. The summed E-state index contributed by atoms with van der Waals surface area (Å²) in [5, 5.41) is 2.19. The van der Waals surface area contributed by atoms with Crippen LogP contribution in [0.5, 0.6) is 0 Å². The lowest BCUT2D eigenvalue weighted by molar-refractivity contribution is -0.116. The van der Waals surface area contributed by atoms with Crippen LogP contribution in [0.3, 0.4) is 0 Å². The second kappa shape index (κ2) is 11.7. The van der Waals surface area contributed by atoms with Gasteiger partial charge >= 0.3 is 0 Å². The fourth-order valence-electron chi connectivity index (χ4n) is 3.10. The van der Waals surface area contributed by atoms with E-state index in [0.717, 1.165) is 11.1 Å². The molecule has 4 atom stereocenters. The molecule has 0 saturated carbocycles. The quantitative estimate of drug-likeness (QED) is 0.352. The summed E-state index contributed by atoms with van der Waals surface area (Å²) >= 11 is 27.3. The number of rotatable bonds is 9. The van der Waals surface area contributed by atoms with Gasteiger partial charge in [-0.25, -0.2) is 0 Å². The summed E-state index contributed by atoms with van der Waals surface area (Å²) in [6, 6.07) is 10.5. The van der Waals surface area contributed by atoms with E-state index in [0.29, 0.717) is 26.7 Å². The van der Waals surface area contributed by atoms with Gasteiger partial charge in [0.1, 0.15) is 34.6 Å². The summed E-state index contributed by atoms with van der Waals surface area (Å²) in [7, 11) is 1.56. The Morgan fingerprint density at radius 2 is 1.50 bits per heavy atom. The third kappa shape index (κ3) is 6.23. The largest absolute Gasteiger partial charge is 0.374 e.